The number of aromatic amines is 1. The van der Waals surface area contributed by atoms with E-state index in [4.69, 9.17) is 33.7 Å². The highest BCUT2D eigenvalue weighted by Gasteiger charge is 2.64. The summed E-state index contributed by atoms with van der Waals surface area (Å²) in [6, 6.07) is 1.11. The zero-order valence-electron chi connectivity index (χ0n) is 38.9. The van der Waals surface area contributed by atoms with Crippen LogP contribution in [0.4, 0.5) is 5.82 Å². The number of nitrogens with one attached hydrogen (secondary N) is 1. The summed E-state index contributed by atoms with van der Waals surface area (Å²) in [5.41, 5.74) is 5.12. The number of aromatic nitrogens is 6. The number of hydrogen-bond acceptors (Lipinski definition) is 19. The van der Waals surface area contributed by atoms with Gasteiger partial charge in [0.2, 0.25) is 0 Å². The smallest absolute Gasteiger partial charge is 0.392 e. The van der Waals surface area contributed by atoms with Gasteiger partial charge in [0.15, 0.2) is 17.7 Å². The molecule has 0 amide bonds. The van der Waals surface area contributed by atoms with Crippen molar-refractivity contribution in [3.05, 3.63) is 45.8 Å². The summed E-state index contributed by atoms with van der Waals surface area (Å²) >= 11 is 0.574. The monoisotopic (exact) mass is 991 g/mol. The van der Waals surface area contributed by atoms with Crippen LogP contribution < -0.4 is 17.0 Å². The first-order chi connectivity index (χ1) is 32.5. The van der Waals surface area contributed by atoms with Crippen molar-refractivity contribution in [2.24, 2.45) is 46.3 Å². The first-order valence-electron chi connectivity index (χ1n) is 23.9. The Bertz CT molecular complexity index is 2460. The predicted octanol–water partition coefficient (Wildman–Crippen LogP) is 3.66. The Balaban J connectivity index is 0.853. The Morgan fingerprint density at radius 3 is 2.60 bits per heavy atom. The van der Waals surface area contributed by atoms with Gasteiger partial charge >= 0.3 is 18.5 Å². The number of rotatable bonds is 16. The number of aliphatic hydroxyl groups is 4. The van der Waals surface area contributed by atoms with Gasteiger partial charge < -0.3 is 45.1 Å². The first kappa shape index (κ1) is 49.7. The van der Waals surface area contributed by atoms with Crippen LogP contribution in [-0.4, -0.2) is 124 Å². The Morgan fingerprint density at radius 2 is 1.84 bits per heavy atom. The van der Waals surface area contributed by atoms with Crippen molar-refractivity contribution in [2.45, 2.75) is 147 Å². The fourth-order valence-corrected chi connectivity index (χ4v) is 16.4. The van der Waals surface area contributed by atoms with Gasteiger partial charge in [-0.15, -0.1) is 0 Å². The number of imidazole rings is 1. The molecule has 6 aliphatic rings. The largest absolute Gasteiger partial charge is 0.454 e. The van der Waals surface area contributed by atoms with Gasteiger partial charge in [-0.25, -0.2) is 24.3 Å². The zero-order chi connectivity index (χ0) is 48.3. The lowest BCUT2D eigenvalue weighted by Gasteiger charge is -2.62. The van der Waals surface area contributed by atoms with Crippen LogP contribution in [0.1, 0.15) is 104 Å². The minimum absolute atomic E-state index is 0.0859. The molecule has 6 fully saturated rings. The molecule has 0 spiro atoms. The molecule has 7 N–H and O–H groups in total. The van der Waals surface area contributed by atoms with Crippen LogP contribution in [0.25, 0.3) is 11.2 Å². The maximum atomic E-state index is 14.9. The maximum Gasteiger partial charge on any atom is 0.392 e. The molecule has 376 valence electrons. The molecule has 2 aliphatic heterocycles. The van der Waals surface area contributed by atoms with E-state index in [1.54, 1.807) is 4.57 Å². The van der Waals surface area contributed by atoms with Gasteiger partial charge in [0.1, 0.15) is 48.4 Å². The Hall–Kier alpha value is -3.28. The molecule has 68 heavy (non-hydrogen) atoms. The van der Waals surface area contributed by atoms with Crippen LogP contribution in [0.2, 0.25) is 0 Å². The van der Waals surface area contributed by atoms with Crippen LogP contribution in [-0.2, 0) is 37.4 Å². The fourth-order valence-electron chi connectivity index (χ4n) is 13.5. The number of fused-ring (bicyclic) bond motifs is 6. The molecule has 2 saturated heterocycles. The number of carbonyl (C=O) groups is 1. The van der Waals surface area contributed by atoms with E-state index in [0.29, 0.717) is 52.6 Å². The molecular formula is C45H66N7O14PS. The quantitative estimate of drug-likeness (QED) is 0.0678. The van der Waals surface area contributed by atoms with E-state index < -0.39 is 92.2 Å². The molecule has 9 rings (SSSR count). The van der Waals surface area contributed by atoms with Crippen molar-refractivity contribution in [2.75, 3.05) is 32.0 Å². The van der Waals surface area contributed by atoms with Crippen molar-refractivity contribution in [1.82, 2.24) is 29.1 Å². The number of carbonyl (C=O) groups excluding carboxylic acids is 1. The lowest BCUT2D eigenvalue weighted by atomic mass is 9.43. The van der Waals surface area contributed by atoms with E-state index in [1.807, 2.05) is 0 Å². The summed E-state index contributed by atoms with van der Waals surface area (Å²) in [5, 5.41) is 44.0. The van der Waals surface area contributed by atoms with Crippen molar-refractivity contribution in [3.8, 4) is 0 Å². The van der Waals surface area contributed by atoms with Gasteiger partial charge in [-0.05, 0) is 104 Å². The topological polar surface area (TPSA) is 295 Å². The van der Waals surface area contributed by atoms with Crippen molar-refractivity contribution < 1.29 is 57.8 Å². The second-order valence-corrected chi connectivity index (χ2v) is 24.4. The Labute approximate surface area is 397 Å². The minimum Gasteiger partial charge on any atom is -0.454 e. The summed E-state index contributed by atoms with van der Waals surface area (Å²) in [7, 11) is 1.31. The number of methoxy groups -OCH3 is 1. The first-order valence-corrected chi connectivity index (χ1v) is 27.1. The highest BCUT2D eigenvalue weighted by molar-refractivity contribution is 8.55. The number of anilines is 1. The van der Waals surface area contributed by atoms with Crippen LogP contribution in [0.3, 0.4) is 0 Å². The second kappa shape index (κ2) is 19.7. The third-order valence-corrected chi connectivity index (χ3v) is 20.5. The van der Waals surface area contributed by atoms with E-state index in [0.717, 1.165) is 62.0 Å². The van der Waals surface area contributed by atoms with Gasteiger partial charge in [-0.1, -0.05) is 20.8 Å². The number of esters is 1. The third kappa shape index (κ3) is 9.14. The van der Waals surface area contributed by atoms with Gasteiger partial charge in [0, 0.05) is 43.6 Å². The van der Waals surface area contributed by atoms with E-state index in [9.17, 15) is 39.4 Å². The molecule has 0 aromatic carbocycles. The van der Waals surface area contributed by atoms with Crippen LogP contribution >= 0.6 is 18.2 Å². The number of aliphatic hydroxyl groups excluding tert-OH is 4. The van der Waals surface area contributed by atoms with Gasteiger partial charge in [0.25, 0.3) is 5.56 Å². The highest BCUT2D eigenvalue weighted by Crippen LogP contribution is 2.69. The molecule has 18 atom stereocenters. The standard InChI is InChI=1S/C45H66N7O14PS/c1-23(27-8-9-28-26-7-6-24-15-25(54)11-13-44(24,2)29(26)16-33(56)45(27,28)3)5-10-36(58)62-22-68-67(60,66-38-31(18-53)65-42(39(38)61-4)51-14-12-34(57)50-43(51)59)63-19-32-30(55)17-35(64-32)52-21-49-37-40(46)47-20-48-41(37)52/h12,14,20-21,23-33,35,38-39,42,53-56H,5-11,13,15-19,22H2,1-4H3,(H2,46,47,48)(H,50,57,59)/t23?,24?,25?,26?,27?,28?,29?,30-,31?,32?,33?,35-,38?,39?,42?,44?,45?,67?/m1/s1. The van der Waals surface area contributed by atoms with Gasteiger partial charge in [0.05, 0.1) is 37.9 Å². The number of hydrogen-bond donors (Lipinski definition) is 6. The fraction of sp³-hybridized carbons (Fsp3) is 0.778. The predicted molar refractivity (Wildman–Crippen MR) is 245 cm³/mol. The van der Waals surface area contributed by atoms with E-state index in [-0.39, 0.29) is 47.4 Å². The molecule has 21 nitrogen and oxygen atoms in total. The molecule has 16 unspecified atom stereocenters. The summed E-state index contributed by atoms with van der Waals surface area (Å²) in [5.74, 6) is 1.40. The number of nitrogens with zero attached hydrogens (tertiary/aromatic N) is 5. The summed E-state index contributed by atoms with van der Waals surface area (Å²) in [6.07, 6.45) is 3.95. The average Bonchev–Trinajstić information content (AvgIpc) is 4.09. The Morgan fingerprint density at radius 1 is 1.03 bits per heavy atom. The van der Waals surface area contributed by atoms with Crippen LogP contribution in [0.5, 0.6) is 0 Å². The molecule has 4 saturated carbocycles. The molecular weight excluding hydrogens is 926 g/mol. The Kier molecular flexibility index (Phi) is 14.4. The second-order valence-electron chi connectivity index (χ2n) is 20.5. The molecule has 3 aromatic rings. The SMILES string of the molecule is COC1C(OP(=O)(OCC2O[C@@H](n3cnc4c(N)ncnc43)C[C@H]2O)SCOC(=O)CCC(C)C2CCC3C4CCC5CC(O)CCC5(C)C4CC(O)C23C)C(CO)OC1n1ccc(=O)[nH]c1=O. The number of nitrogen functional groups attached to an aromatic ring is 1. The third-order valence-electron chi connectivity index (χ3n) is 17.1. The summed E-state index contributed by atoms with van der Waals surface area (Å²) in [6.45, 7) is 1.28. The van der Waals surface area contributed by atoms with E-state index in [2.05, 4.69) is 40.7 Å². The molecule has 3 aromatic heterocycles. The lowest BCUT2D eigenvalue weighted by molar-refractivity contribution is -0.175. The van der Waals surface area contributed by atoms with Crippen molar-refractivity contribution in [3.63, 3.8) is 0 Å². The normalized spacial score (nSPS) is 39.2. The van der Waals surface area contributed by atoms with E-state index in [1.165, 1.54) is 26.0 Å². The van der Waals surface area contributed by atoms with Crippen molar-refractivity contribution >= 4 is 41.1 Å². The van der Waals surface area contributed by atoms with E-state index >= 15 is 0 Å². The van der Waals surface area contributed by atoms with Gasteiger partial charge in [-0.2, -0.15) is 0 Å². The average molecular weight is 992 g/mol. The number of ether oxygens (including phenoxy) is 4. The zero-order valence-corrected chi connectivity index (χ0v) is 40.6. The van der Waals surface area contributed by atoms with Crippen LogP contribution in [0.15, 0.2) is 34.5 Å². The molecule has 23 heteroatoms. The molecule has 0 radical (unpaired) electrons. The van der Waals surface area contributed by atoms with Crippen molar-refractivity contribution in [1.29, 1.82) is 0 Å². The highest BCUT2D eigenvalue weighted by atomic mass is 32.7. The number of H-pyrrole nitrogens is 1. The summed E-state index contributed by atoms with van der Waals surface area (Å²) < 4.78 is 53.1. The molecule has 5 heterocycles. The van der Waals surface area contributed by atoms with Crippen LogP contribution in [0, 0.1) is 46.3 Å². The van der Waals surface area contributed by atoms with Gasteiger partial charge in [-0.3, -0.25) is 32.8 Å². The molecule has 0 bridgehead atoms. The minimum atomic E-state index is -4.45. The molecule has 4 aliphatic carbocycles. The summed E-state index contributed by atoms with van der Waals surface area (Å²) in [4.78, 5) is 52.7. The maximum absolute atomic E-state index is 14.9. The number of nitrogens with two attached hydrogens (primary N) is 1. The lowest BCUT2D eigenvalue weighted by Crippen LogP contribution is -2.58.